The van der Waals surface area contributed by atoms with Crippen LogP contribution in [0.5, 0.6) is 5.75 Å². The van der Waals surface area contributed by atoms with Gasteiger partial charge in [0, 0.05) is 17.5 Å². The molecule has 154 valence electrons. The number of halogens is 1. The Hall–Kier alpha value is -3.39. The van der Waals surface area contributed by atoms with Gasteiger partial charge in [-0.2, -0.15) is 5.10 Å². The smallest absolute Gasteiger partial charge is 0.325 e. The van der Waals surface area contributed by atoms with Crippen LogP contribution in [0.15, 0.2) is 41.2 Å². The minimum absolute atomic E-state index is 0.121. The van der Waals surface area contributed by atoms with Crippen LogP contribution in [0.4, 0.5) is 0 Å². The molecule has 4 rings (SSSR count). The Balaban J connectivity index is 1.72. The summed E-state index contributed by atoms with van der Waals surface area (Å²) < 4.78 is 6.42. The van der Waals surface area contributed by atoms with Crippen molar-refractivity contribution in [2.75, 3.05) is 6.61 Å². The van der Waals surface area contributed by atoms with E-state index in [0.29, 0.717) is 46.0 Å². The number of carbonyl (C=O) groups excluding carboxylic acids is 1. The van der Waals surface area contributed by atoms with Crippen LogP contribution in [-0.4, -0.2) is 38.3 Å². The first-order valence-corrected chi connectivity index (χ1v) is 9.72. The molecule has 1 N–H and O–H groups in total. The molecule has 0 fully saturated rings. The van der Waals surface area contributed by atoms with Crippen LogP contribution in [0.2, 0.25) is 5.02 Å². The van der Waals surface area contributed by atoms with E-state index in [-0.39, 0.29) is 12.5 Å². The molecule has 0 saturated heterocycles. The first-order chi connectivity index (χ1) is 14.4. The third-order valence-corrected chi connectivity index (χ3v) is 5.20. The van der Waals surface area contributed by atoms with Gasteiger partial charge in [0.1, 0.15) is 12.3 Å². The first kappa shape index (κ1) is 19.9. The number of fused-ring (bicyclic) bond motifs is 2. The maximum absolute atomic E-state index is 12.9. The summed E-state index contributed by atoms with van der Waals surface area (Å²) in [7, 11) is 0. The van der Waals surface area contributed by atoms with E-state index in [1.54, 1.807) is 41.3 Å². The Morgan fingerprint density at radius 3 is 2.67 bits per heavy atom. The zero-order chi connectivity index (χ0) is 21.4. The molecule has 0 bridgehead atoms. The quantitative estimate of drug-likeness (QED) is 0.649. The van der Waals surface area contributed by atoms with Crippen LogP contribution in [0.25, 0.3) is 10.8 Å². The van der Waals surface area contributed by atoms with Crippen molar-refractivity contribution in [3.05, 3.63) is 68.6 Å². The molecule has 3 aromatic rings. The van der Waals surface area contributed by atoms with Crippen molar-refractivity contribution >= 4 is 34.2 Å². The SMILES string of the molecule is CCOc1cc2c(cc1Cl)C(=O)N(Cc1nn(CC(=O)O)c(=O)c3ccccc13)C2. The normalized spacial score (nSPS) is 13.0. The largest absolute Gasteiger partial charge is 0.492 e. The molecule has 2 aromatic carbocycles. The number of rotatable bonds is 6. The summed E-state index contributed by atoms with van der Waals surface area (Å²) in [6.07, 6.45) is 0. The van der Waals surface area contributed by atoms with Crippen molar-refractivity contribution in [1.82, 2.24) is 14.7 Å². The molecule has 1 aliphatic heterocycles. The number of carboxylic acids is 1. The molecule has 0 atom stereocenters. The fraction of sp³-hybridized carbons (Fsp3) is 0.238. The van der Waals surface area contributed by atoms with Crippen molar-refractivity contribution < 1.29 is 19.4 Å². The lowest BCUT2D eigenvalue weighted by Gasteiger charge is -2.17. The molecule has 0 spiro atoms. The van der Waals surface area contributed by atoms with Crippen molar-refractivity contribution in [3.8, 4) is 5.75 Å². The zero-order valence-electron chi connectivity index (χ0n) is 16.1. The van der Waals surface area contributed by atoms with Gasteiger partial charge in [0.2, 0.25) is 0 Å². The minimum atomic E-state index is -1.17. The van der Waals surface area contributed by atoms with Crippen LogP contribution in [0, 0.1) is 0 Å². The van der Waals surface area contributed by atoms with E-state index in [9.17, 15) is 14.4 Å². The molecular weight excluding hydrogens is 410 g/mol. The molecule has 1 aromatic heterocycles. The molecule has 1 amide bonds. The maximum atomic E-state index is 12.9. The first-order valence-electron chi connectivity index (χ1n) is 9.34. The van der Waals surface area contributed by atoms with E-state index in [1.165, 1.54) is 0 Å². The summed E-state index contributed by atoms with van der Waals surface area (Å²) in [6.45, 7) is 2.20. The second kappa shape index (κ2) is 7.79. The van der Waals surface area contributed by atoms with Gasteiger partial charge in [-0.05, 0) is 30.7 Å². The summed E-state index contributed by atoms with van der Waals surface area (Å²) in [5, 5.41) is 14.7. The molecule has 2 heterocycles. The van der Waals surface area contributed by atoms with Crippen LogP contribution in [-0.2, 0) is 24.4 Å². The number of amides is 1. The predicted octanol–water partition coefficient (Wildman–Crippen LogP) is 2.69. The molecule has 8 nitrogen and oxygen atoms in total. The van der Waals surface area contributed by atoms with Crippen LogP contribution in [0.1, 0.15) is 28.5 Å². The molecule has 9 heteroatoms. The van der Waals surface area contributed by atoms with Crippen molar-refractivity contribution in [2.45, 2.75) is 26.6 Å². The summed E-state index contributed by atoms with van der Waals surface area (Å²) in [5.74, 6) is -0.864. The number of benzene rings is 2. The van der Waals surface area contributed by atoms with Crippen LogP contribution >= 0.6 is 11.6 Å². The van der Waals surface area contributed by atoms with Crippen LogP contribution in [0.3, 0.4) is 0 Å². The Bertz CT molecular complexity index is 1240. The van der Waals surface area contributed by atoms with E-state index in [1.807, 2.05) is 6.92 Å². The highest BCUT2D eigenvalue weighted by molar-refractivity contribution is 6.32. The van der Waals surface area contributed by atoms with E-state index in [2.05, 4.69) is 5.10 Å². The summed E-state index contributed by atoms with van der Waals surface area (Å²) >= 11 is 6.22. The van der Waals surface area contributed by atoms with Gasteiger partial charge in [-0.25, -0.2) is 4.68 Å². The standard InChI is InChI=1S/C21H18ClN3O5/c1-2-30-18-7-12-9-24(20(28)15(12)8-16(18)22)10-17-13-5-3-4-6-14(13)21(29)25(23-17)11-19(26)27/h3-8H,2,9-11H2,1H3,(H,26,27). The van der Waals surface area contributed by atoms with Gasteiger partial charge < -0.3 is 14.7 Å². The van der Waals surface area contributed by atoms with Gasteiger partial charge in [0.05, 0.1) is 29.3 Å². The molecule has 30 heavy (non-hydrogen) atoms. The van der Waals surface area contributed by atoms with Gasteiger partial charge >= 0.3 is 5.97 Å². The molecule has 0 unspecified atom stereocenters. The fourth-order valence-electron chi connectivity index (χ4n) is 3.61. The molecule has 0 saturated carbocycles. The highest BCUT2D eigenvalue weighted by atomic mass is 35.5. The Morgan fingerprint density at radius 1 is 1.23 bits per heavy atom. The fourth-order valence-corrected chi connectivity index (χ4v) is 3.82. The monoisotopic (exact) mass is 427 g/mol. The molecule has 0 aliphatic carbocycles. The van der Waals surface area contributed by atoms with E-state index in [4.69, 9.17) is 21.4 Å². The maximum Gasteiger partial charge on any atom is 0.325 e. The summed E-state index contributed by atoms with van der Waals surface area (Å²) in [4.78, 5) is 38.2. The Labute approximate surface area is 176 Å². The number of hydrogen-bond acceptors (Lipinski definition) is 5. The lowest BCUT2D eigenvalue weighted by molar-refractivity contribution is -0.138. The number of ether oxygens (including phenoxy) is 1. The topological polar surface area (TPSA) is 102 Å². The molecular formula is C21H18ClN3O5. The second-order valence-electron chi connectivity index (χ2n) is 6.88. The summed E-state index contributed by atoms with van der Waals surface area (Å²) in [5.41, 5.74) is 1.24. The van der Waals surface area contributed by atoms with E-state index < -0.39 is 18.1 Å². The lowest BCUT2D eigenvalue weighted by Crippen LogP contribution is -2.30. The van der Waals surface area contributed by atoms with Gasteiger partial charge in [-0.15, -0.1) is 0 Å². The molecule has 1 aliphatic rings. The van der Waals surface area contributed by atoms with Gasteiger partial charge in [-0.3, -0.25) is 14.4 Å². The number of aromatic nitrogens is 2. The minimum Gasteiger partial charge on any atom is -0.492 e. The van der Waals surface area contributed by atoms with Crippen molar-refractivity contribution in [3.63, 3.8) is 0 Å². The van der Waals surface area contributed by atoms with E-state index in [0.717, 1.165) is 10.2 Å². The molecule has 0 radical (unpaired) electrons. The van der Waals surface area contributed by atoms with Gasteiger partial charge in [-0.1, -0.05) is 29.8 Å². The number of hydrogen-bond donors (Lipinski definition) is 1. The third kappa shape index (κ3) is 3.50. The number of carbonyl (C=O) groups is 2. The van der Waals surface area contributed by atoms with Crippen molar-refractivity contribution in [1.29, 1.82) is 0 Å². The van der Waals surface area contributed by atoms with Crippen molar-refractivity contribution in [2.24, 2.45) is 0 Å². The highest BCUT2D eigenvalue weighted by Crippen LogP contribution is 2.34. The Morgan fingerprint density at radius 2 is 1.97 bits per heavy atom. The summed E-state index contributed by atoms with van der Waals surface area (Å²) in [6, 6.07) is 10.2. The average molecular weight is 428 g/mol. The predicted molar refractivity (Wildman–Crippen MR) is 110 cm³/mol. The third-order valence-electron chi connectivity index (χ3n) is 4.91. The highest BCUT2D eigenvalue weighted by Gasteiger charge is 2.30. The zero-order valence-corrected chi connectivity index (χ0v) is 16.8. The van der Waals surface area contributed by atoms with Gasteiger partial charge in [0.25, 0.3) is 11.5 Å². The lowest BCUT2D eigenvalue weighted by atomic mass is 10.1. The van der Waals surface area contributed by atoms with Gasteiger partial charge in [0.15, 0.2) is 0 Å². The van der Waals surface area contributed by atoms with Crippen LogP contribution < -0.4 is 10.3 Å². The number of carboxylic acid groups (broad SMARTS) is 1. The number of aliphatic carboxylic acids is 1. The Kier molecular flexibility index (Phi) is 5.17. The second-order valence-corrected chi connectivity index (χ2v) is 7.29. The average Bonchev–Trinajstić information content (AvgIpc) is 3.00. The number of nitrogens with zero attached hydrogens (tertiary/aromatic N) is 3. The van der Waals surface area contributed by atoms with E-state index >= 15 is 0 Å².